The summed E-state index contributed by atoms with van der Waals surface area (Å²) in [5.74, 6) is -0.801. The summed E-state index contributed by atoms with van der Waals surface area (Å²) in [6.07, 6.45) is -0.611. The Bertz CT molecular complexity index is 611. The van der Waals surface area contributed by atoms with E-state index in [0.29, 0.717) is 37.7 Å². The lowest BCUT2D eigenvalue weighted by molar-refractivity contribution is -0.145. The van der Waals surface area contributed by atoms with E-state index in [4.69, 9.17) is 15.0 Å². The van der Waals surface area contributed by atoms with Gasteiger partial charge in [0.15, 0.2) is 0 Å². The van der Waals surface area contributed by atoms with Gasteiger partial charge < -0.3 is 19.7 Å². The number of hydrogen-bond acceptors (Lipinski definition) is 6. The topological polar surface area (TPSA) is 99.6 Å². The summed E-state index contributed by atoms with van der Waals surface area (Å²) in [5.41, 5.74) is 9.45. The molecule has 0 aliphatic carbocycles. The lowest BCUT2D eigenvalue weighted by Gasteiger charge is -2.29. The SMILES string of the molecule is CC(=O)O[C@@H](CN=[N+]=[N-])CNc1ccc(N2CCOCC2)c(F)c1. The number of hydrogen-bond donors (Lipinski definition) is 1. The molecule has 2 rings (SSSR count). The summed E-state index contributed by atoms with van der Waals surface area (Å²) in [6, 6.07) is 4.85. The van der Waals surface area contributed by atoms with Crippen LogP contribution in [0.15, 0.2) is 23.3 Å². The largest absolute Gasteiger partial charge is 0.461 e. The molecule has 1 fully saturated rings. The van der Waals surface area contributed by atoms with Gasteiger partial charge in [0, 0.05) is 30.6 Å². The van der Waals surface area contributed by atoms with Crippen molar-refractivity contribution in [1.82, 2.24) is 0 Å². The third kappa shape index (κ3) is 5.29. The van der Waals surface area contributed by atoms with Gasteiger partial charge in [-0.25, -0.2) is 4.39 Å². The van der Waals surface area contributed by atoms with Crippen LogP contribution < -0.4 is 10.2 Å². The monoisotopic (exact) mass is 337 g/mol. The fourth-order valence-corrected chi connectivity index (χ4v) is 2.42. The zero-order valence-corrected chi connectivity index (χ0v) is 13.4. The van der Waals surface area contributed by atoms with Crippen LogP contribution in [-0.4, -0.2) is 51.5 Å². The van der Waals surface area contributed by atoms with E-state index >= 15 is 0 Å². The van der Waals surface area contributed by atoms with Gasteiger partial charge in [0.25, 0.3) is 0 Å². The summed E-state index contributed by atoms with van der Waals surface area (Å²) in [6.45, 7) is 3.99. The first-order valence-electron chi connectivity index (χ1n) is 7.64. The second-order valence-electron chi connectivity index (χ2n) is 5.29. The van der Waals surface area contributed by atoms with Gasteiger partial charge in [-0.05, 0) is 23.7 Å². The number of carbonyl (C=O) groups excluding carboxylic acids is 1. The molecule has 1 aliphatic rings. The van der Waals surface area contributed by atoms with Crippen molar-refractivity contribution in [1.29, 1.82) is 0 Å². The zero-order chi connectivity index (χ0) is 17.4. The van der Waals surface area contributed by atoms with E-state index in [1.54, 1.807) is 12.1 Å². The summed E-state index contributed by atoms with van der Waals surface area (Å²) < 4.78 is 24.6. The van der Waals surface area contributed by atoms with Crippen LogP contribution in [0, 0.1) is 5.82 Å². The molecule has 130 valence electrons. The summed E-state index contributed by atoms with van der Waals surface area (Å²) in [7, 11) is 0. The highest BCUT2D eigenvalue weighted by Crippen LogP contribution is 2.23. The van der Waals surface area contributed by atoms with Gasteiger partial charge in [-0.1, -0.05) is 5.11 Å². The second kappa shape index (κ2) is 8.95. The average Bonchev–Trinajstić information content (AvgIpc) is 2.58. The lowest BCUT2D eigenvalue weighted by atomic mass is 10.2. The minimum absolute atomic E-state index is 0.0113. The molecule has 1 aromatic carbocycles. The fraction of sp³-hybridized carbons (Fsp3) is 0.533. The summed E-state index contributed by atoms with van der Waals surface area (Å²) in [4.78, 5) is 15.6. The quantitative estimate of drug-likeness (QED) is 0.356. The molecule has 0 spiro atoms. The Morgan fingerprint density at radius 3 is 2.92 bits per heavy atom. The standard InChI is InChI=1S/C15H20FN5O3/c1-11(22)24-13(10-19-20-17)9-18-12-2-3-15(14(16)8-12)21-4-6-23-7-5-21/h2-3,8,13,18H,4-7,9-10H2,1H3/t13-/m1/s1. The molecule has 0 aromatic heterocycles. The number of esters is 1. The molecule has 24 heavy (non-hydrogen) atoms. The first-order chi connectivity index (χ1) is 11.6. The van der Waals surface area contributed by atoms with Crippen LogP contribution in [0.5, 0.6) is 0 Å². The van der Waals surface area contributed by atoms with E-state index in [0.717, 1.165) is 0 Å². The number of morpholine rings is 1. The second-order valence-corrected chi connectivity index (χ2v) is 5.29. The van der Waals surface area contributed by atoms with Crippen LogP contribution in [0.3, 0.4) is 0 Å². The van der Waals surface area contributed by atoms with E-state index in [-0.39, 0.29) is 18.9 Å². The van der Waals surface area contributed by atoms with Gasteiger partial charge >= 0.3 is 5.97 Å². The molecule has 1 aliphatic heterocycles. The number of carbonyl (C=O) groups is 1. The highest BCUT2D eigenvalue weighted by Gasteiger charge is 2.16. The first-order valence-corrected chi connectivity index (χ1v) is 7.64. The normalized spacial score (nSPS) is 15.3. The van der Waals surface area contributed by atoms with Gasteiger partial charge in [0.2, 0.25) is 0 Å². The summed E-state index contributed by atoms with van der Waals surface area (Å²) in [5, 5.41) is 6.39. The Kier molecular flexibility index (Phi) is 6.65. The predicted octanol–water partition coefficient (Wildman–Crippen LogP) is 2.32. The average molecular weight is 337 g/mol. The maximum Gasteiger partial charge on any atom is 0.302 e. The number of nitrogens with zero attached hydrogens (tertiary/aromatic N) is 4. The predicted molar refractivity (Wildman–Crippen MR) is 87.5 cm³/mol. The smallest absolute Gasteiger partial charge is 0.302 e. The molecular weight excluding hydrogens is 317 g/mol. The molecular formula is C15H20FN5O3. The van der Waals surface area contributed by atoms with Gasteiger partial charge in [-0.2, -0.15) is 0 Å². The van der Waals surface area contributed by atoms with Crippen molar-refractivity contribution in [3.63, 3.8) is 0 Å². The number of halogens is 1. The third-order valence-corrected chi connectivity index (χ3v) is 3.51. The molecule has 0 unspecified atom stereocenters. The van der Waals surface area contributed by atoms with Crippen LogP contribution in [0.4, 0.5) is 15.8 Å². The number of benzene rings is 1. The van der Waals surface area contributed by atoms with E-state index in [9.17, 15) is 9.18 Å². The van der Waals surface area contributed by atoms with Crippen molar-refractivity contribution in [2.75, 3.05) is 49.6 Å². The maximum atomic E-state index is 14.3. The maximum absolute atomic E-state index is 14.3. The molecule has 0 radical (unpaired) electrons. The van der Waals surface area contributed by atoms with Crippen molar-refractivity contribution >= 4 is 17.3 Å². The molecule has 1 heterocycles. The van der Waals surface area contributed by atoms with E-state index in [1.165, 1.54) is 13.0 Å². The lowest BCUT2D eigenvalue weighted by Crippen LogP contribution is -2.36. The Morgan fingerprint density at radius 1 is 1.54 bits per heavy atom. The molecule has 1 atom stereocenters. The van der Waals surface area contributed by atoms with Crippen LogP contribution in [0.25, 0.3) is 10.4 Å². The number of azide groups is 1. The van der Waals surface area contributed by atoms with Crippen LogP contribution >= 0.6 is 0 Å². The third-order valence-electron chi connectivity index (χ3n) is 3.51. The molecule has 0 bridgehead atoms. The highest BCUT2D eigenvalue weighted by molar-refractivity contribution is 5.66. The molecule has 9 heteroatoms. The van der Waals surface area contributed by atoms with Crippen LogP contribution in [-0.2, 0) is 14.3 Å². The van der Waals surface area contributed by atoms with E-state index in [2.05, 4.69) is 15.3 Å². The highest BCUT2D eigenvalue weighted by atomic mass is 19.1. The molecule has 0 saturated carbocycles. The number of nitrogens with one attached hydrogen (secondary N) is 1. The fourth-order valence-electron chi connectivity index (χ4n) is 2.42. The van der Waals surface area contributed by atoms with Gasteiger partial charge in [-0.3, -0.25) is 4.79 Å². The molecule has 8 nitrogen and oxygen atoms in total. The Balaban J connectivity index is 1.97. The van der Waals surface area contributed by atoms with E-state index in [1.807, 2.05) is 4.90 Å². The summed E-state index contributed by atoms with van der Waals surface area (Å²) >= 11 is 0. The number of anilines is 2. The molecule has 1 N–H and O–H groups in total. The van der Waals surface area contributed by atoms with Crippen LogP contribution in [0.1, 0.15) is 6.92 Å². The Labute approximate surface area is 139 Å². The number of ether oxygens (including phenoxy) is 2. The first kappa shape index (κ1) is 17.8. The van der Waals surface area contributed by atoms with Gasteiger partial charge in [0.1, 0.15) is 11.9 Å². The van der Waals surface area contributed by atoms with Gasteiger partial charge in [-0.15, -0.1) is 0 Å². The zero-order valence-electron chi connectivity index (χ0n) is 13.4. The molecule has 0 amide bonds. The minimum Gasteiger partial charge on any atom is -0.461 e. The number of rotatable bonds is 7. The van der Waals surface area contributed by atoms with Crippen molar-refractivity contribution in [2.24, 2.45) is 5.11 Å². The van der Waals surface area contributed by atoms with Crippen LogP contribution in [0.2, 0.25) is 0 Å². The van der Waals surface area contributed by atoms with Crippen molar-refractivity contribution in [3.8, 4) is 0 Å². The van der Waals surface area contributed by atoms with Crippen molar-refractivity contribution in [2.45, 2.75) is 13.0 Å². The van der Waals surface area contributed by atoms with Gasteiger partial charge in [0.05, 0.1) is 32.0 Å². The molecule has 1 saturated heterocycles. The Morgan fingerprint density at radius 2 is 2.29 bits per heavy atom. The molecule has 1 aromatic rings. The van der Waals surface area contributed by atoms with E-state index < -0.39 is 12.1 Å². The van der Waals surface area contributed by atoms with Crippen molar-refractivity contribution in [3.05, 3.63) is 34.5 Å². The minimum atomic E-state index is -0.611. The van der Waals surface area contributed by atoms with Crippen molar-refractivity contribution < 1.29 is 18.7 Å². The Hall–Kier alpha value is -2.51.